The van der Waals surface area contributed by atoms with E-state index in [2.05, 4.69) is 0 Å². The van der Waals surface area contributed by atoms with Crippen molar-refractivity contribution < 1.29 is 10.1 Å². The van der Waals surface area contributed by atoms with Crippen LogP contribution in [0.25, 0.3) is 0 Å². The second-order valence-corrected chi connectivity index (χ2v) is 2.26. The van der Waals surface area contributed by atoms with Gasteiger partial charge < -0.3 is 5.73 Å². The standard InChI is InChI=1S/C7H9N2O2/c1-5-6(8)3-2-4-7(5)9(10)11/h2-4H,8H2,1H3,(H,10,11)/q+1. The molecule has 58 valence electrons. The van der Waals surface area contributed by atoms with E-state index in [9.17, 15) is 4.91 Å². The summed E-state index contributed by atoms with van der Waals surface area (Å²) >= 11 is 0. The summed E-state index contributed by atoms with van der Waals surface area (Å²) in [6.45, 7) is 1.67. The molecular formula is C7H9N2O2+. The van der Waals surface area contributed by atoms with E-state index in [1.807, 2.05) is 0 Å². The fraction of sp³-hybridized carbons (Fsp3) is 0.143. The van der Waals surface area contributed by atoms with Crippen LogP contribution in [0.5, 0.6) is 0 Å². The van der Waals surface area contributed by atoms with E-state index >= 15 is 0 Å². The summed E-state index contributed by atoms with van der Waals surface area (Å²) < 4.78 is 0. The predicted molar refractivity (Wildman–Crippen MR) is 40.7 cm³/mol. The molecule has 4 heteroatoms. The first kappa shape index (κ1) is 7.53. The molecule has 1 rings (SSSR count). The summed E-state index contributed by atoms with van der Waals surface area (Å²) in [6, 6.07) is 4.78. The number of hydrogen-bond donors (Lipinski definition) is 2. The van der Waals surface area contributed by atoms with Crippen molar-refractivity contribution in [3.63, 3.8) is 0 Å². The molecule has 11 heavy (non-hydrogen) atoms. The zero-order valence-corrected chi connectivity index (χ0v) is 6.11. The van der Waals surface area contributed by atoms with Gasteiger partial charge >= 0.3 is 5.69 Å². The molecule has 0 aromatic heterocycles. The fourth-order valence-electron chi connectivity index (χ4n) is 0.848. The normalized spacial score (nSPS) is 9.55. The molecule has 0 saturated carbocycles. The molecule has 0 spiro atoms. The van der Waals surface area contributed by atoms with Gasteiger partial charge in [-0.15, -0.1) is 0 Å². The average Bonchev–Trinajstić information content (AvgIpc) is 1.94. The maximum Gasteiger partial charge on any atom is 0.321 e. The molecule has 1 aromatic rings. The summed E-state index contributed by atoms with van der Waals surface area (Å²) in [5, 5.41) is 8.55. The number of rotatable bonds is 1. The molecule has 4 nitrogen and oxygen atoms in total. The molecule has 0 amide bonds. The first-order valence-electron chi connectivity index (χ1n) is 3.14. The highest BCUT2D eigenvalue weighted by Crippen LogP contribution is 2.21. The lowest BCUT2D eigenvalue weighted by Crippen LogP contribution is -1.97. The van der Waals surface area contributed by atoms with Gasteiger partial charge in [-0.3, -0.25) is 0 Å². The maximum atomic E-state index is 10.4. The molecule has 0 unspecified atom stereocenters. The van der Waals surface area contributed by atoms with Gasteiger partial charge in [-0.05, 0) is 13.0 Å². The Balaban J connectivity index is 3.27. The Bertz CT molecular complexity index is 296. The zero-order valence-electron chi connectivity index (χ0n) is 6.11. The van der Waals surface area contributed by atoms with E-state index in [-0.39, 0.29) is 10.6 Å². The minimum atomic E-state index is -0.189. The van der Waals surface area contributed by atoms with Crippen LogP contribution in [0.4, 0.5) is 11.4 Å². The SMILES string of the molecule is Cc1c(N)cccc1[N+](=O)O. The quantitative estimate of drug-likeness (QED) is 0.473. The van der Waals surface area contributed by atoms with E-state index < -0.39 is 0 Å². The number of nitrogens with zero attached hydrogens (tertiary/aromatic N) is 1. The number of nitrogen functional groups attached to an aromatic ring is 1. The maximum absolute atomic E-state index is 10.4. The minimum Gasteiger partial charge on any atom is -0.398 e. The van der Waals surface area contributed by atoms with Gasteiger partial charge in [0.15, 0.2) is 0 Å². The Morgan fingerprint density at radius 2 is 2.18 bits per heavy atom. The molecule has 3 N–H and O–H groups in total. The first-order chi connectivity index (χ1) is 5.13. The smallest absolute Gasteiger partial charge is 0.321 e. The molecule has 0 aliphatic carbocycles. The lowest BCUT2D eigenvalue weighted by atomic mass is 10.2. The van der Waals surface area contributed by atoms with Gasteiger partial charge in [-0.2, -0.15) is 0 Å². The third-order valence-corrected chi connectivity index (χ3v) is 1.55. The molecule has 0 bridgehead atoms. The van der Waals surface area contributed by atoms with Crippen LogP contribution >= 0.6 is 0 Å². The third-order valence-electron chi connectivity index (χ3n) is 1.55. The van der Waals surface area contributed by atoms with Crippen molar-refractivity contribution in [2.45, 2.75) is 6.92 Å². The van der Waals surface area contributed by atoms with Crippen molar-refractivity contribution in [1.82, 2.24) is 0 Å². The summed E-state index contributed by atoms with van der Waals surface area (Å²) in [4.78, 5) is 10.2. The summed E-state index contributed by atoms with van der Waals surface area (Å²) in [5.74, 6) is 0. The molecule has 0 aliphatic rings. The van der Waals surface area contributed by atoms with E-state index in [1.54, 1.807) is 19.1 Å². The zero-order chi connectivity index (χ0) is 8.43. The number of nitrogens with two attached hydrogens (primary N) is 1. The molecule has 0 fully saturated rings. The number of anilines is 1. The van der Waals surface area contributed by atoms with Crippen molar-refractivity contribution in [2.24, 2.45) is 0 Å². The van der Waals surface area contributed by atoms with E-state index in [1.165, 1.54) is 6.07 Å². The second kappa shape index (κ2) is 2.57. The highest BCUT2D eigenvalue weighted by Gasteiger charge is 2.15. The summed E-state index contributed by atoms with van der Waals surface area (Å²) in [6.07, 6.45) is 0. The minimum absolute atomic E-state index is 0.185. The first-order valence-corrected chi connectivity index (χ1v) is 3.14. The van der Waals surface area contributed by atoms with E-state index in [0.717, 1.165) is 0 Å². The van der Waals surface area contributed by atoms with Crippen LogP contribution in [0.2, 0.25) is 0 Å². The number of benzene rings is 1. The van der Waals surface area contributed by atoms with Crippen molar-refractivity contribution in [2.75, 3.05) is 5.73 Å². The Hall–Kier alpha value is -1.58. The van der Waals surface area contributed by atoms with Crippen molar-refractivity contribution in [1.29, 1.82) is 0 Å². The Labute approximate surface area is 63.8 Å². The molecule has 0 heterocycles. The van der Waals surface area contributed by atoms with Crippen LogP contribution in [0.15, 0.2) is 18.2 Å². The lowest BCUT2D eigenvalue weighted by Gasteiger charge is -1.95. The molecular weight excluding hydrogens is 144 g/mol. The molecule has 1 aromatic carbocycles. The third kappa shape index (κ3) is 1.29. The topological polar surface area (TPSA) is 66.3 Å². The predicted octanol–water partition coefficient (Wildman–Crippen LogP) is 1.38. The molecule has 0 saturated heterocycles. The highest BCUT2D eigenvalue weighted by molar-refractivity contribution is 5.56. The van der Waals surface area contributed by atoms with Crippen molar-refractivity contribution >= 4 is 11.4 Å². The van der Waals surface area contributed by atoms with Gasteiger partial charge in [0.25, 0.3) is 4.92 Å². The van der Waals surface area contributed by atoms with Crippen LogP contribution in [-0.4, -0.2) is 10.1 Å². The van der Waals surface area contributed by atoms with Crippen LogP contribution < -0.4 is 5.73 Å². The van der Waals surface area contributed by atoms with Crippen LogP contribution in [-0.2, 0) is 0 Å². The van der Waals surface area contributed by atoms with E-state index in [4.69, 9.17) is 10.9 Å². The Kier molecular flexibility index (Phi) is 1.76. The average molecular weight is 153 g/mol. The largest absolute Gasteiger partial charge is 0.398 e. The molecule has 0 aliphatic heterocycles. The van der Waals surface area contributed by atoms with Crippen molar-refractivity contribution in [3.8, 4) is 0 Å². The highest BCUT2D eigenvalue weighted by atomic mass is 16.6. The fourth-order valence-corrected chi connectivity index (χ4v) is 0.848. The van der Waals surface area contributed by atoms with E-state index in [0.29, 0.717) is 11.3 Å². The Morgan fingerprint density at radius 1 is 1.55 bits per heavy atom. The number of hydrogen-bond acceptors (Lipinski definition) is 2. The van der Waals surface area contributed by atoms with Gasteiger partial charge in [0, 0.05) is 11.8 Å². The summed E-state index contributed by atoms with van der Waals surface area (Å²) in [5.41, 5.74) is 6.75. The van der Waals surface area contributed by atoms with Crippen LogP contribution in [0.3, 0.4) is 0 Å². The van der Waals surface area contributed by atoms with Gasteiger partial charge in [0.05, 0.1) is 10.5 Å². The van der Waals surface area contributed by atoms with Gasteiger partial charge in [0.1, 0.15) is 0 Å². The molecule has 0 atom stereocenters. The lowest BCUT2D eigenvalue weighted by molar-refractivity contribution is -0.730. The second-order valence-electron chi connectivity index (χ2n) is 2.26. The monoisotopic (exact) mass is 153 g/mol. The van der Waals surface area contributed by atoms with Gasteiger partial charge in [0.2, 0.25) is 0 Å². The molecule has 0 radical (unpaired) electrons. The van der Waals surface area contributed by atoms with Crippen LogP contribution in [0.1, 0.15) is 5.56 Å². The van der Waals surface area contributed by atoms with Gasteiger partial charge in [-0.25, -0.2) is 5.21 Å². The Morgan fingerprint density at radius 3 is 2.64 bits per heavy atom. The van der Waals surface area contributed by atoms with Gasteiger partial charge in [-0.1, -0.05) is 6.07 Å². The van der Waals surface area contributed by atoms with Crippen LogP contribution in [0, 0.1) is 11.8 Å². The van der Waals surface area contributed by atoms with Crippen molar-refractivity contribution in [3.05, 3.63) is 28.7 Å². The summed E-state index contributed by atoms with van der Waals surface area (Å²) in [7, 11) is 0.